The molecule has 2 heterocycles. The summed E-state index contributed by atoms with van der Waals surface area (Å²) in [7, 11) is 0. The molecule has 27 heavy (non-hydrogen) atoms. The first kappa shape index (κ1) is 18.4. The van der Waals surface area contributed by atoms with Crippen LogP contribution >= 0.6 is 0 Å². The number of halogens is 1. The van der Waals surface area contributed by atoms with Crippen LogP contribution in [0.5, 0.6) is 5.75 Å². The number of pyridine rings is 2. The number of carbonyl (C=O) groups excluding carboxylic acids is 2. The van der Waals surface area contributed by atoms with Crippen LogP contribution in [0.15, 0.2) is 41.3 Å². The molecule has 2 N–H and O–H groups in total. The molecule has 0 radical (unpaired) electrons. The van der Waals surface area contributed by atoms with Crippen molar-refractivity contribution in [3.8, 4) is 5.75 Å². The van der Waals surface area contributed by atoms with Gasteiger partial charge in [-0.05, 0) is 35.7 Å². The lowest BCUT2D eigenvalue weighted by molar-refractivity contribution is -0.115. The summed E-state index contributed by atoms with van der Waals surface area (Å²) in [5.41, 5.74) is 0.284. The maximum absolute atomic E-state index is 13.0. The zero-order valence-electron chi connectivity index (χ0n) is 14.0. The molecule has 0 fully saturated rings. The van der Waals surface area contributed by atoms with Gasteiger partial charge in [0.1, 0.15) is 29.3 Å². The predicted molar refractivity (Wildman–Crippen MR) is 94.3 cm³/mol. The zero-order valence-corrected chi connectivity index (χ0v) is 14.0. The van der Waals surface area contributed by atoms with Gasteiger partial charge in [0.2, 0.25) is 0 Å². The lowest BCUT2D eigenvalue weighted by Crippen LogP contribution is -2.30. The van der Waals surface area contributed by atoms with Gasteiger partial charge in [-0.3, -0.25) is 14.6 Å². The van der Waals surface area contributed by atoms with Gasteiger partial charge in [0.15, 0.2) is 12.0 Å². The number of aliphatic hydroxyl groups is 1. The SMILES string of the molecule is O=Cc1c(O)c2ncc(Cc3ccc(F)cc3)cc2n(CC(O)C=O)c1=O. The molecule has 3 rings (SSSR count). The Bertz CT molecular complexity index is 1080. The molecule has 8 heteroatoms. The third kappa shape index (κ3) is 3.61. The fraction of sp³-hybridized carbons (Fsp3) is 0.158. The molecule has 138 valence electrons. The largest absolute Gasteiger partial charge is 0.505 e. The van der Waals surface area contributed by atoms with E-state index in [1.54, 1.807) is 18.2 Å². The number of aldehydes is 2. The molecule has 0 aliphatic rings. The van der Waals surface area contributed by atoms with Crippen molar-refractivity contribution >= 4 is 23.6 Å². The number of nitrogens with zero attached hydrogens (tertiary/aromatic N) is 2. The molecule has 2 aromatic heterocycles. The van der Waals surface area contributed by atoms with Crippen LogP contribution in [0.1, 0.15) is 21.5 Å². The summed E-state index contributed by atoms with van der Waals surface area (Å²) in [4.78, 5) is 38.5. The average Bonchev–Trinajstić information content (AvgIpc) is 2.67. The summed E-state index contributed by atoms with van der Waals surface area (Å²) in [6.45, 7) is -0.387. The molecule has 7 nitrogen and oxygen atoms in total. The van der Waals surface area contributed by atoms with E-state index >= 15 is 0 Å². The van der Waals surface area contributed by atoms with E-state index < -0.39 is 23.0 Å². The average molecular weight is 370 g/mol. The number of aromatic hydroxyl groups is 1. The Labute approximate surface area is 152 Å². The van der Waals surface area contributed by atoms with Crippen LogP contribution in [0, 0.1) is 5.82 Å². The van der Waals surface area contributed by atoms with Gasteiger partial charge in [0.05, 0.1) is 12.1 Å². The minimum Gasteiger partial charge on any atom is -0.505 e. The van der Waals surface area contributed by atoms with E-state index in [1.165, 1.54) is 18.3 Å². The van der Waals surface area contributed by atoms with Crippen LogP contribution in [-0.4, -0.2) is 38.4 Å². The molecule has 0 amide bonds. The Kier molecular flexibility index (Phi) is 5.09. The van der Waals surface area contributed by atoms with E-state index in [0.29, 0.717) is 12.0 Å². The van der Waals surface area contributed by atoms with Gasteiger partial charge in [-0.15, -0.1) is 0 Å². The molecule has 0 aliphatic heterocycles. The van der Waals surface area contributed by atoms with Crippen LogP contribution < -0.4 is 5.56 Å². The smallest absolute Gasteiger partial charge is 0.265 e. The van der Waals surface area contributed by atoms with Gasteiger partial charge in [-0.1, -0.05) is 12.1 Å². The number of rotatable bonds is 6. The highest BCUT2D eigenvalue weighted by atomic mass is 19.1. The minimum absolute atomic E-state index is 0.00217. The van der Waals surface area contributed by atoms with Gasteiger partial charge in [-0.2, -0.15) is 0 Å². The first-order chi connectivity index (χ1) is 12.9. The molecule has 1 aromatic carbocycles. The quantitative estimate of drug-likeness (QED) is 0.631. The Morgan fingerprint density at radius 3 is 2.52 bits per heavy atom. The highest BCUT2D eigenvalue weighted by Gasteiger charge is 2.19. The van der Waals surface area contributed by atoms with Gasteiger partial charge < -0.3 is 19.6 Å². The summed E-state index contributed by atoms with van der Waals surface area (Å²) in [5, 5.41) is 19.8. The molecular weight excluding hydrogens is 355 g/mol. The van der Waals surface area contributed by atoms with Crippen LogP contribution in [0.3, 0.4) is 0 Å². The molecule has 0 spiro atoms. The molecular formula is C19H15FN2O5. The van der Waals surface area contributed by atoms with Crippen molar-refractivity contribution in [3.63, 3.8) is 0 Å². The van der Waals surface area contributed by atoms with Crippen molar-refractivity contribution in [2.24, 2.45) is 0 Å². The molecule has 1 unspecified atom stereocenters. The zero-order chi connectivity index (χ0) is 19.6. The first-order valence-corrected chi connectivity index (χ1v) is 8.02. The predicted octanol–water partition coefficient (Wildman–Crippen LogP) is 1.20. The molecule has 1 atom stereocenters. The Hall–Kier alpha value is -3.39. The standard InChI is InChI=1S/C19H15FN2O5/c20-13-3-1-11(2-4-13)5-12-6-16-17(21-7-12)18(26)15(10-24)19(27)22(16)8-14(25)9-23/h1-4,6-7,9-10,14,25-26H,5,8H2. The maximum atomic E-state index is 13.0. The molecule has 3 aromatic rings. The summed E-state index contributed by atoms with van der Waals surface area (Å²) in [6, 6.07) is 7.43. The van der Waals surface area contributed by atoms with E-state index in [2.05, 4.69) is 4.98 Å². The number of fused-ring (bicyclic) bond motifs is 1. The summed E-state index contributed by atoms with van der Waals surface area (Å²) < 4.78 is 14.1. The van der Waals surface area contributed by atoms with Crippen LogP contribution in [0.2, 0.25) is 0 Å². The monoisotopic (exact) mass is 370 g/mol. The van der Waals surface area contributed by atoms with Crippen LogP contribution in [0.25, 0.3) is 11.0 Å². The normalized spacial score (nSPS) is 12.1. The fourth-order valence-electron chi connectivity index (χ4n) is 2.82. The Morgan fingerprint density at radius 1 is 1.19 bits per heavy atom. The van der Waals surface area contributed by atoms with Gasteiger partial charge in [0.25, 0.3) is 5.56 Å². The maximum Gasteiger partial charge on any atom is 0.265 e. The van der Waals surface area contributed by atoms with E-state index in [-0.39, 0.29) is 36.0 Å². The molecule has 0 saturated heterocycles. The summed E-state index contributed by atoms with van der Waals surface area (Å²) in [6.07, 6.45) is 0.849. The van der Waals surface area contributed by atoms with Crippen molar-refractivity contribution in [2.75, 3.05) is 0 Å². The second-order valence-electron chi connectivity index (χ2n) is 6.01. The molecule has 0 saturated carbocycles. The number of hydrogen-bond donors (Lipinski definition) is 2. The molecule has 0 aliphatic carbocycles. The topological polar surface area (TPSA) is 109 Å². The number of hydrogen-bond acceptors (Lipinski definition) is 6. The van der Waals surface area contributed by atoms with Crippen molar-refractivity contribution in [2.45, 2.75) is 19.1 Å². The van der Waals surface area contributed by atoms with E-state index in [9.17, 15) is 29.0 Å². The third-order valence-electron chi connectivity index (χ3n) is 4.14. The minimum atomic E-state index is -1.46. The third-order valence-corrected chi connectivity index (χ3v) is 4.14. The lowest BCUT2D eigenvalue weighted by Gasteiger charge is -2.14. The van der Waals surface area contributed by atoms with Gasteiger partial charge in [0, 0.05) is 6.20 Å². The number of aliphatic hydroxyl groups excluding tert-OH is 1. The number of benzene rings is 1. The second kappa shape index (κ2) is 7.46. The van der Waals surface area contributed by atoms with Crippen LogP contribution in [0.4, 0.5) is 4.39 Å². The van der Waals surface area contributed by atoms with Crippen molar-refractivity contribution in [1.29, 1.82) is 0 Å². The summed E-state index contributed by atoms with van der Waals surface area (Å²) >= 11 is 0. The van der Waals surface area contributed by atoms with E-state index in [4.69, 9.17) is 0 Å². The fourth-order valence-corrected chi connectivity index (χ4v) is 2.82. The second-order valence-corrected chi connectivity index (χ2v) is 6.01. The van der Waals surface area contributed by atoms with Crippen LogP contribution in [-0.2, 0) is 17.8 Å². The van der Waals surface area contributed by atoms with Crippen molar-refractivity contribution in [3.05, 3.63) is 69.4 Å². The van der Waals surface area contributed by atoms with Gasteiger partial charge >= 0.3 is 0 Å². The van der Waals surface area contributed by atoms with E-state index in [1.807, 2.05) is 0 Å². The number of carbonyl (C=O) groups is 2. The highest BCUT2D eigenvalue weighted by molar-refractivity contribution is 5.91. The summed E-state index contributed by atoms with van der Waals surface area (Å²) in [5.74, 6) is -0.923. The Morgan fingerprint density at radius 2 is 1.89 bits per heavy atom. The Balaban J connectivity index is 2.16. The number of aromatic nitrogens is 2. The van der Waals surface area contributed by atoms with Crippen molar-refractivity contribution < 1.29 is 24.2 Å². The lowest BCUT2D eigenvalue weighted by atomic mass is 10.1. The van der Waals surface area contributed by atoms with E-state index in [0.717, 1.165) is 10.1 Å². The van der Waals surface area contributed by atoms with Crippen molar-refractivity contribution in [1.82, 2.24) is 9.55 Å². The first-order valence-electron chi connectivity index (χ1n) is 8.02. The van der Waals surface area contributed by atoms with Gasteiger partial charge in [-0.25, -0.2) is 4.39 Å². The highest BCUT2D eigenvalue weighted by Crippen LogP contribution is 2.25. The molecule has 0 bridgehead atoms.